The number of rotatable bonds is 8. The molecule has 0 aliphatic carbocycles. The Bertz CT molecular complexity index is 473. The van der Waals surface area contributed by atoms with Crippen LogP contribution < -0.4 is 14.8 Å². The first-order valence-corrected chi connectivity index (χ1v) is 7.02. The molecule has 1 aromatic rings. The molecule has 0 aliphatic rings. The van der Waals surface area contributed by atoms with E-state index in [2.05, 4.69) is 24.1 Å². The Hall–Kier alpha value is -1.95. The molecular formula is C15H24N2O4. The smallest absolute Gasteiger partial charge is 0.255 e. The number of phenolic OH excluding ortho intramolecular Hbond substituents is 1. The van der Waals surface area contributed by atoms with Gasteiger partial charge in [0.25, 0.3) is 5.91 Å². The summed E-state index contributed by atoms with van der Waals surface area (Å²) in [5.74, 6) is 0.136. The number of methoxy groups -OCH3 is 2. The second-order valence-electron chi connectivity index (χ2n) is 4.51. The van der Waals surface area contributed by atoms with Gasteiger partial charge in [0.2, 0.25) is 0 Å². The Labute approximate surface area is 125 Å². The van der Waals surface area contributed by atoms with E-state index in [4.69, 9.17) is 9.47 Å². The van der Waals surface area contributed by atoms with E-state index < -0.39 is 0 Å². The molecule has 0 atom stereocenters. The highest BCUT2D eigenvalue weighted by molar-refractivity contribution is 5.98. The molecule has 2 N–H and O–H groups in total. The fraction of sp³-hybridized carbons (Fsp3) is 0.533. The van der Waals surface area contributed by atoms with E-state index in [-0.39, 0.29) is 23.0 Å². The number of nitrogens with one attached hydrogen (secondary N) is 1. The van der Waals surface area contributed by atoms with Crippen molar-refractivity contribution in [2.45, 2.75) is 13.8 Å². The van der Waals surface area contributed by atoms with Crippen molar-refractivity contribution in [2.75, 3.05) is 40.4 Å². The average Bonchev–Trinajstić information content (AvgIpc) is 2.51. The topological polar surface area (TPSA) is 71.0 Å². The van der Waals surface area contributed by atoms with Gasteiger partial charge in [0.1, 0.15) is 5.75 Å². The van der Waals surface area contributed by atoms with Gasteiger partial charge in [0.15, 0.2) is 11.5 Å². The predicted octanol–water partition coefficient (Wildman–Crippen LogP) is 1.48. The Morgan fingerprint density at radius 1 is 1.24 bits per heavy atom. The number of benzene rings is 1. The summed E-state index contributed by atoms with van der Waals surface area (Å²) >= 11 is 0. The van der Waals surface area contributed by atoms with Gasteiger partial charge in [-0.1, -0.05) is 13.8 Å². The first kappa shape index (κ1) is 17.1. The van der Waals surface area contributed by atoms with Crippen molar-refractivity contribution in [1.82, 2.24) is 10.2 Å². The van der Waals surface area contributed by atoms with E-state index >= 15 is 0 Å². The number of hydrogen-bond acceptors (Lipinski definition) is 5. The van der Waals surface area contributed by atoms with Crippen LogP contribution in [0.15, 0.2) is 12.1 Å². The maximum Gasteiger partial charge on any atom is 0.255 e. The second kappa shape index (κ2) is 8.36. The minimum Gasteiger partial charge on any atom is -0.504 e. The van der Waals surface area contributed by atoms with Gasteiger partial charge in [-0.15, -0.1) is 0 Å². The summed E-state index contributed by atoms with van der Waals surface area (Å²) in [6, 6.07) is 3.02. The molecule has 0 unspecified atom stereocenters. The fourth-order valence-electron chi connectivity index (χ4n) is 1.99. The largest absolute Gasteiger partial charge is 0.504 e. The van der Waals surface area contributed by atoms with Gasteiger partial charge >= 0.3 is 0 Å². The van der Waals surface area contributed by atoms with Crippen LogP contribution in [0.5, 0.6) is 17.2 Å². The molecule has 0 spiro atoms. The monoisotopic (exact) mass is 296 g/mol. The van der Waals surface area contributed by atoms with Crippen molar-refractivity contribution in [3.05, 3.63) is 17.7 Å². The molecule has 21 heavy (non-hydrogen) atoms. The summed E-state index contributed by atoms with van der Waals surface area (Å²) in [6.07, 6.45) is 0. The van der Waals surface area contributed by atoms with Gasteiger partial charge in [0, 0.05) is 19.2 Å². The van der Waals surface area contributed by atoms with E-state index in [1.807, 2.05) is 0 Å². The average molecular weight is 296 g/mol. The van der Waals surface area contributed by atoms with Gasteiger partial charge in [0.05, 0.1) is 19.8 Å². The van der Waals surface area contributed by atoms with Crippen molar-refractivity contribution < 1.29 is 19.4 Å². The first-order valence-electron chi connectivity index (χ1n) is 7.02. The van der Waals surface area contributed by atoms with Crippen molar-refractivity contribution >= 4 is 5.91 Å². The van der Waals surface area contributed by atoms with Gasteiger partial charge in [-0.25, -0.2) is 0 Å². The third-order valence-corrected chi connectivity index (χ3v) is 3.36. The lowest BCUT2D eigenvalue weighted by Crippen LogP contribution is -2.34. The van der Waals surface area contributed by atoms with Crippen LogP contribution in [0.25, 0.3) is 0 Å². The van der Waals surface area contributed by atoms with Gasteiger partial charge < -0.3 is 24.8 Å². The fourth-order valence-corrected chi connectivity index (χ4v) is 1.99. The molecule has 0 fully saturated rings. The summed E-state index contributed by atoms with van der Waals surface area (Å²) in [4.78, 5) is 14.4. The molecule has 6 nitrogen and oxygen atoms in total. The minimum atomic E-state index is -0.350. The zero-order valence-corrected chi connectivity index (χ0v) is 13.1. The maximum absolute atomic E-state index is 12.2. The van der Waals surface area contributed by atoms with Crippen LogP contribution >= 0.6 is 0 Å². The highest BCUT2D eigenvalue weighted by atomic mass is 16.5. The number of amides is 1. The van der Waals surface area contributed by atoms with E-state index in [0.29, 0.717) is 12.3 Å². The number of carbonyl (C=O) groups excluding carboxylic acids is 1. The Balaban J connectivity index is 2.77. The predicted molar refractivity (Wildman–Crippen MR) is 81.3 cm³/mol. The van der Waals surface area contributed by atoms with Crippen LogP contribution in [0.2, 0.25) is 0 Å². The van der Waals surface area contributed by atoms with E-state index in [1.54, 1.807) is 0 Å². The molecule has 0 saturated heterocycles. The number of hydrogen-bond donors (Lipinski definition) is 2. The highest BCUT2D eigenvalue weighted by Gasteiger charge is 2.17. The lowest BCUT2D eigenvalue weighted by molar-refractivity contribution is 0.0945. The van der Waals surface area contributed by atoms with Crippen molar-refractivity contribution in [2.24, 2.45) is 0 Å². The normalized spacial score (nSPS) is 10.5. The van der Waals surface area contributed by atoms with E-state index in [0.717, 1.165) is 19.6 Å². The third kappa shape index (κ3) is 4.53. The zero-order chi connectivity index (χ0) is 15.8. The van der Waals surface area contributed by atoms with Gasteiger partial charge in [-0.3, -0.25) is 4.79 Å². The Kier molecular flexibility index (Phi) is 6.81. The number of ether oxygens (including phenoxy) is 2. The van der Waals surface area contributed by atoms with E-state index in [1.165, 1.54) is 26.4 Å². The van der Waals surface area contributed by atoms with Crippen LogP contribution in [0.3, 0.4) is 0 Å². The molecule has 0 aromatic heterocycles. The van der Waals surface area contributed by atoms with Gasteiger partial charge in [-0.2, -0.15) is 0 Å². The highest BCUT2D eigenvalue weighted by Crippen LogP contribution is 2.34. The molecule has 0 bridgehead atoms. The second-order valence-corrected chi connectivity index (χ2v) is 4.51. The SMILES string of the molecule is CCN(CC)CCNC(=O)c1cc(OC)cc(OC)c1O. The third-order valence-electron chi connectivity index (χ3n) is 3.36. The van der Waals surface area contributed by atoms with Crippen LogP contribution in [-0.4, -0.2) is 56.3 Å². The summed E-state index contributed by atoms with van der Waals surface area (Å²) in [5.41, 5.74) is 0.144. The maximum atomic E-state index is 12.2. The lowest BCUT2D eigenvalue weighted by Gasteiger charge is -2.18. The molecule has 1 rings (SSSR count). The van der Waals surface area contributed by atoms with Crippen LogP contribution in [0, 0.1) is 0 Å². The number of nitrogens with zero attached hydrogens (tertiary/aromatic N) is 1. The summed E-state index contributed by atoms with van der Waals surface area (Å²) in [5, 5.41) is 12.8. The Morgan fingerprint density at radius 3 is 2.43 bits per heavy atom. The van der Waals surface area contributed by atoms with E-state index in [9.17, 15) is 9.90 Å². The molecule has 1 amide bonds. The zero-order valence-electron chi connectivity index (χ0n) is 13.1. The molecule has 0 radical (unpaired) electrons. The molecule has 0 saturated carbocycles. The molecule has 1 aromatic carbocycles. The first-order chi connectivity index (χ1) is 10.1. The molecule has 0 heterocycles. The van der Waals surface area contributed by atoms with Crippen LogP contribution in [0.4, 0.5) is 0 Å². The standard InChI is InChI=1S/C15H24N2O4/c1-5-17(6-2)8-7-16-15(19)12-9-11(20-3)10-13(21-4)14(12)18/h9-10,18H,5-8H2,1-4H3,(H,16,19). The quantitative estimate of drug-likeness (QED) is 0.760. The number of phenols is 1. The van der Waals surface area contributed by atoms with Crippen molar-refractivity contribution in [3.8, 4) is 17.2 Å². The van der Waals surface area contributed by atoms with Gasteiger partial charge in [-0.05, 0) is 19.2 Å². The number of aromatic hydroxyl groups is 1. The molecule has 6 heteroatoms. The summed E-state index contributed by atoms with van der Waals surface area (Å²) < 4.78 is 10.1. The lowest BCUT2D eigenvalue weighted by atomic mass is 10.1. The summed E-state index contributed by atoms with van der Waals surface area (Å²) in [7, 11) is 2.92. The number of carbonyl (C=O) groups is 1. The van der Waals surface area contributed by atoms with Crippen LogP contribution in [0.1, 0.15) is 24.2 Å². The molecule has 0 aliphatic heterocycles. The van der Waals surface area contributed by atoms with Crippen molar-refractivity contribution in [3.63, 3.8) is 0 Å². The van der Waals surface area contributed by atoms with Crippen LogP contribution in [-0.2, 0) is 0 Å². The number of likely N-dealkylation sites (N-methyl/N-ethyl adjacent to an activating group) is 1. The van der Waals surface area contributed by atoms with Crippen molar-refractivity contribution in [1.29, 1.82) is 0 Å². The Morgan fingerprint density at radius 2 is 1.90 bits per heavy atom. The molecule has 118 valence electrons. The molecular weight excluding hydrogens is 272 g/mol. The minimum absolute atomic E-state index is 0.144. The summed E-state index contributed by atoms with van der Waals surface area (Å²) in [6.45, 7) is 7.30.